The van der Waals surface area contributed by atoms with Crippen LogP contribution in [0.5, 0.6) is 46.0 Å². The van der Waals surface area contributed by atoms with Crippen molar-refractivity contribution in [2.45, 2.75) is 170 Å². The molecule has 0 radical (unpaired) electrons. The van der Waals surface area contributed by atoms with Crippen molar-refractivity contribution < 1.29 is 118 Å². The van der Waals surface area contributed by atoms with Gasteiger partial charge in [-0.15, -0.1) is 0 Å². The Balaban J connectivity index is 0.944. The molecule has 5 aliphatic carbocycles. The number of phenolic OH excluding ortho intramolecular Hbond substituents is 1. The number of hydrogen-bond donors (Lipinski definition) is 20. The molecule has 1 saturated heterocycles. The number of nitrogens with one attached hydrogen (secondary N) is 11. The number of carbonyl (C=O) groups excluding carboxylic acids is 9. The van der Waals surface area contributed by atoms with Crippen molar-refractivity contribution in [1.82, 2.24) is 58.5 Å². The Morgan fingerprint density at radius 3 is 1.80 bits per heavy atom. The van der Waals surface area contributed by atoms with Crippen LogP contribution in [-0.2, 0) is 48.9 Å². The number of hydrogen-bond acceptors (Lipinski definition) is 27. The Bertz CT molecular complexity index is 4980. The van der Waals surface area contributed by atoms with E-state index in [0.29, 0.717) is 38.0 Å². The zero-order chi connectivity index (χ0) is 87.0. The van der Waals surface area contributed by atoms with Crippen molar-refractivity contribution in [3.8, 4) is 57.1 Å². The standard InChI is InChI=1S/C85H99Cl2N11O24/c1-6-89-14-16-117-47-24-45(25-48(33-47)118-17-15-90-7-2)76(107)92-62(101)34-56-78(109)94-66-44-29-59(119-57-12-9-40(27-53(57)86)70(102)68(82(113)91-56)97-77(108)55(88-5)18-36(3)4)75(122-84-74(106)73(105)72(104)61(35-99)121-84)60(30-44)120-58-13-10-41(28-54(58)87)71(103)69-83(114)96-67(81(112)93-64-42-20-37-19-38(22-42)23-43(64)21-37)50-31-46(100)32-52-63(50)49-26-39(8-11-51(49)85(52,115)116)65(79(110)98-69)95-80(66)111/h8-13,24-33,36-38,42-43,55-56,61,64-74,84,88-90,99-100,102-106,115-116H,6-7,14-23,34-35H2,1-5H3,(H,91,113)(H,93,112)(H,94,109)(H,95,111)(H,96,114)(H,97,108)(H,98,110)(H,92,101,107)/t37?,38?,42?,43?,55-,56+,61-,64?,65-,66-,67+,68-,69+,70-,71-,72-,73+,74-,84+/m1/s1. The summed E-state index contributed by atoms with van der Waals surface area (Å²) >= 11 is 14.3. The van der Waals surface area contributed by atoms with Crippen molar-refractivity contribution in [3.05, 3.63) is 152 Å². The Morgan fingerprint density at radius 1 is 0.615 bits per heavy atom. The SMILES string of the molecule is CCNCCOc1cc(OCCNCC)cc(C(=O)NC(=O)C[C@@H]2NC(=O)[C@H](NC(=O)[C@@H](CC(C)C)NC)[C@H](O)c3ccc(c(Cl)c3)Oc3cc4cc(c3O[C@@H]3O[C@H](CO)[C@@H](O)[C@H](O)[C@H]3O)Oc3ccc(cc3Cl)[C@@H](O)[C@@H]3NC(=O)[C@H](NC(=O)[C@@H]4NC2=O)c2ccc4c(c2)-c2c(cc(O)cc2C4(O)O)[C@@H](C(=O)NC2C4CC5CC(C4)CC2C5)NC3=O)c1. The van der Waals surface area contributed by atoms with Gasteiger partial charge in [-0.25, -0.2) is 0 Å². The molecule has 6 aromatic rings. The van der Waals surface area contributed by atoms with Crippen LogP contribution in [0.4, 0.5) is 0 Å². The van der Waals surface area contributed by atoms with Crippen LogP contribution < -0.4 is 82.2 Å². The van der Waals surface area contributed by atoms with Crippen molar-refractivity contribution in [2.75, 3.05) is 53.0 Å². The monoisotopic (exact) mass is 1730 g/mol. The molecule has 6 heterocycles. The number of benzene rings is 6. The molecule has 0 spiro atoms. The van der Waals surface area contributed by atoms with Crippen molar-refractivity contribution in [2.24, 2.45) is 29.6 Å². The quantitative estimate of drug-likeness (QED) is 0.0323. The third-order valence-electron chi connectivity index (χ3n) is 23.7. The summed E-state index contributed by atoms with van der Waals surface area (Å²) in [6.45, 7) is 8.75. The molecule has 9 amide bonds. The maximum atomic E-state index is 16.6. The summed E-state index contributed by atoms with van der Waals surface area (Å²) < 4.78 is 37.5. The van der Waals surface area contributed by atoms with Crippen LogP contribution in [0.25, 0.3) is 11.1 Å². The predicted molar refractivity (Wildman–Crippen MR) is 434 cm³/mol. The molecular weight excluding hydrogens is 1630 g/mol. The van der Waals surface area contributed by atoms with Crippen molar-refractivity contribution in [1.29, 1.82) is 0 Å². The van der Waals surface area contributed by atoms with E-state index in [9.17, 15) is 60.3 Å². The average Bonchev–Trinajstić information content (AvgIpc) is 1.56. The van der Waals surface area contributed by atoms with Crippen LogP contribution in [0.1, 0.15) is 152 Å². The Morgan fingerprint density at radius 2 is 1.20 bits per heavy atom. The van der Waals surface area contributed by atoms with Gasteiger partial charge in [0.05, 0.1) is 29.1 Å². The molecule has 20 N–H and O–H groups in total. The fourth-order valence-corrected chi connectivity index (χ4v) is 18.3. The fourth-order valence-electron chi connectivity index (χ4n) is 17.8. The minimum Gasteiger partial charge on any atom is -0.508 e. The van der Waals surface area contributed by atoms with Gasteiger partial charge >= 0.3 is 0 Å². The fraction of sp³-hybridized carbons (Fsp3) is 0.471. The second-order valence-corrected chi connectivity index (χ2v) is 33.4. The van der Waals surface area contributed by atoms with Gasteiger partial charge in [-0.3, -0.25) is 48.5 Å². The van der Waals surface area contributed by atoms with Crippen LogP contribution >= 0.6 is 23.2 Å². The molecule has 4 saturated carbocycles. The number of amides is 9. The minimum atomic E-state index is -2.99. The smallest absolute Gasteiger partial charge is 0.258 e. The van der Waals surface area contributed by atoms with Crippen LogP contribution in [0, 0.1) is 29.6 Å². The van der Waals surface area contributed by atoms with Gasteiger partial charge in [-0.1, -0.05) is 75.2 Å². The lowest BCUT2D eigenvalue weighted by atomic mass is 9.54. The highest BCUT2D eigenvalue weighted by Gasteiger charge is 2.52. The highest BCUT2D eigenvalue weighted by Crippen LogP contribution is 2.56. The lowest BCUT2D eigenvalue weighted by molar-refractivity contribution is -0.277. The molecule has 652 valence electrons. The summed E-state index contributed by atoms with van der Waals surface area (Å²) in [6, 6.07) is 4.67. The van der Waals surface area contributed by atoms with E-state index in [1.54, 1.807) is 0 Å². The van der Waals surface area contributed by atoms with Crippen LogP contribution in [0.3, 0.4) is 0 Å². The molecule has 17 rings (SSSR count). The minimum absolute atomic E-state index is 0.0724. The number of imide groups is 1. The number of halogens is 2. The van der Waals surface area contributed by atoms with E-state index >= 15 is 28.8 Å². The van der Waals surface area contributed by atoms with Gasteiger partial charge in [0, 0.05) is 41.9 Å². The molecule has 122 heavy (non-hydrogen) atoms. The van der Waals surface area contributed by atoms with E-state index in [2.05, 4.69) is 58.5 Å². The first-order chi connectivity index (χ1) is 58.3. The molecule has 14 atom stereocenters. The summed E-state index contributed by atoms with van der Waals surface area (Å²) in [6.07, 6.45) is -10.9. The topological polar surface area (TPSA) is 523 Å². The number of aromatic hydroxyl groups is 1. The molecule has 0 unspecified atom stereocenters. The van der Waals surface area contributed by atoms with Gasteiger partial charge in [0.2, 0.25) is 65.1 Å². The lowest BCUT2D eigenvalue weighted by Gasteiger charge is -2.54. The second-order valence-electron chi connectivity index (χ2n) is 32.5. The van der Waals surface area contributed by atoms with Gasteiger partial charge in [-0.05, 0) is 194 Å². The third-order valence-corrected chi connectivity index (χ3v) is 24.3. The third kappa shape index (κ3) is 18.5. The van der Waals surface area contributed by atoms with Gasteiger partial charge in [0.1, 0.15) is 115 Å². The zero-order valence-electron chi connectivity index (χ0n) is 67.1. The van der Waals surface area contributed by atoms with E-state index in [4.69, 9.17) is 51.6 Å². The van der Waals surface area contributed by atoms with E-state index in [0.717, 1.165) is 68.5 Å². The first-order valence-corrected chi connectivity index (χ1v) is 41.5. The number of likely N-dealkylation sites (N-methyl/N-ethyl adjacent to an activating group) is 3. The molecule has 0 aromatic heterocycles. The number of rotatable bonds is 23. The number of carbonyl (C=O) groups is 9. The van der Waals surface area contributed by atoms with Crippen molar-refractivity contribution >= 4 is 76.4 Å². The Kier molecular flexibility index (Phi) is 26.7. The maximum absolute atomic E-state index is 16.6. The van der Waals surface area contributed by atoms with Gasteiger partial charge < -0.3 is 128 Å². The second kappa shape index (κ2) is 37.0. The highest BCUT2D eigenvalue weighted by atomic mass is 35.5. The average molecular weight is 1730 g/mol. The zero-order valence-corrected chi connectivity index (χ0v) is 68.6. The Hall–Kier alpha value is -10.4. The molecule has 11 aliphatic rings. The largest absolute Gasteiger partial charge is 0.508 e. The molecule has 6 aliphatic heterocycles. The van der Waals surface area contributed by atoms with Crippen molar-refractivity contribution in [3.63, 3.8) is 0 Å². The van der Waals surface area contributed by atoms with E-state index < -0.39 is 191 Å². The summed E-state index contributed by atoms with van der Waals surface area (Å²) in [4.78, 5) is 140. The molecule has 6 aromatic carbocycles. The van der Waals surface area contributed by atoms with Crippen LogP contribution in [0.15, 0.2) is 97.1 Å². The lowest BCUT2D eigenvalue weighted by Crippen LogP contribution is -2.60. The molecule has 5 fully saturated rings. The van der Waals surface area contributed by atoms with Crippen LogP contribution in [-0.4, -0.2) is 213 Å². The highest BCUT2D eigenvalue weighted by molar-refractivity contribution is 6.32. The van der Waals surface area contributed by atoms with E-state index in [1.807, 2.05) is 27.7 Å². The first-order valence-electron chi connectivity index (χ1n) is 40.7. The van der Waals surface area contributed by atoms with Crippen LogP contribution in [0.2, 0.25) is 10.0 Å². The molecular formula is C85H99Cl2N11O24. The molecule has 37 heteroatoms. The summed E-state index contributed by atoms with van der Waals surface area (Å²) in [5, 5.41) is 136. The Labute approximate surface area is 709 Å². The number of aliphatic hydroxyl groups excluding tert-OH is 6. The summed E-state index contributed by atoms with van der Waals surface area (Å²) in [7, 11) is 1.48. The van der Waals surface area contributed by atoms with E-state index in [-0.39, 0.29) is 122 Å². The normalized spacial score (nSPS) is 27.7. The number of ether oxygens (including phenoxy) is 6. The number of aliphatic hydroxyl groups is 8. The first kappa shape index (κ1) is 88.0. The molecule has 15 bridgehead atoms. The summed E-state index contributed by atoms with van der Waals surface area (Å²) in [5.74, 6) is -15.9. The number of fused-ring (bicyclic) bond motifs is 12. The van der Waals surface area contributed by atoms with Gasteiger partial charge in [0.15, 0.2) is 11.5 Å². The maximum Gasteiger partial charge on any atom is 0.258 e. The number of phenols is 1. The van der Waals surface area contributed by atoms with Gasteiger partial charge in [-0.2, -0.15) is 0 Å². The predicted octanol–water partition coefficient (Wildman–Crippen LogP) is 2.26. The molecule has 35 nitrogen and oxygen atoms in total. The summed E-state index contributed by atoms with van der Waals surface area (Å²) in [5.41, 5.74) is -2.37. The van der Waals surface area contributed by atoms with Gasteiger partial charge in [0.25, 0.3) is 5.91 Å². The van der Waals surface area contributed by atoms with E-state index in [1.165, 1.54) is 67.7 Å².